The Balaban J connectivity index is 1.67. The lowest BCUT2D eigenvalue weighted by Gasteiger charge is -2.25. The van der Waals surface area contributed by atoms with Crippen LogP contribution >= 0.6 is 0 Å². The van der Waals surface area contributed by atoms with Gasteiger partial charge in [-0.05, 0) is 25.9 Å². The number of rotatable bonds is 4. The second-order valence-electron chi connectivity index (χ2n) is 6.75. The van der Waals surface area contributed by atoms with Gasteiger partial charge in [0, 0.05) is 37.8 Å². The number of ether oxygens (including phenoxy) is 1. The molecule has 0 spiro atoms. The van der Waals surface area contributed by atoms with Crippen LogP contribution in [0.3, 0.4) is 0 Å². The maximum Gasteiger partial charge on any atom is 0.145 e. The summed E-state index contributed by atoms with van der Waals surface area (Å²) >= 11 is 0. The van der Waals surface area contributed by atoms with E-state index in [1.54, 1.807) is 19.6 Å². The van der Waals surface area contributed by atoms with E-state index in [0.717, 1.165) is 59.9 Å². The molecular weight excluding hydrogens is 328 g/mol. The van der Waals surface area contributed by atoms with E-state index in [1.807, 2.05) is 35.8 Å². The normalized spacial score (nSPS) is 15.3. The van der Waals surface area contributed by atoms with E-state index in [0.29, 0.717) is 5.92 Å². The van der Waals surface area contributed by atoms with Gasteiger partial charge in [0.05, 0.1) is 31.3 Å². The quantitative estimate of drug-likeness (QED) is 0.778. The Kier molecular flexibility index (Phi) is 4.46. The first kappa shape index (κ1) is 16.8. The monoisotopic (exact) mass is 352 g/mol. The lowest BCUT2D eigenvalue weighted by atomic mass is 9.94. The van der Waals surface area contributed by atoms with Gasteiger partial charge in [0.15, 0.2) is 0 Å². The summed E-state index contributed by atoms with van der Waals surface area (Å²) in [5, 5.41) is 3.40. The number of hydrogen-bond acceptors (Lipinski definition) is 6. The summed E-state index contributed by atoms with van der Waals surface area (Å²) in [6.07, 6.45) is 7.72. The molecule has 1 aliphatic rings. The highest BCUT2D eigenvalue weighted by atomic mass is 16.5. The zero-order valence-electron chi connectivity index (χ0n) is 15.4. The average Bonchev–Trinajstić information content (AvgIpc) is 3.08. The van der Waals surface area contributed by atoms with Gasteiger partial charge in [0.2, 0.25) is 0 Å². The summed E-state index contributed by atoms with van der Waals surface area (Å²) < 4.78 is 7.66. The molecule has 0 unspecified atom stereocenters. The first-order valence-corrected chi connectivity index (χ1v) is 8.93. The minimum absolute atomic E-state index is 0.494. The van der Waals surface area contributed by atoms with Crippen molar-refractivity contribution in [2.45, 2.75) is 18.8 Å². The van der Waals surface area contributed by atoms with Crippen molar-refractivity contribution in [3.05, 3.63) is 36.5 Å². The number of imidazole rings is 1. The summed E-state index contributed by atoms with van der Waals surface area (Å²) in [7, 11) is 5.67. The largest absolute Gasteiger partial charge is 0.494 e. The van der Waals surface area contributed by atoms with E-state index in [1.165, 1.54) is 0 Å². The molecule has 0 amide bonds. The molecule has 3 aromatic rings. The fourth-order valence-electron chi connectivity index (χ4n) is 3.53. The maximum atomic E-state index is 5.67. The van der Waals surface area contributed by atoms with Crippen LogP contribution in [0.1, 0.15) is 24.5 Å². The molecule has 1 saturated heterocycles. The van der Waals surface area contributed by atoms with Crippen LogP contribution in [-0.2, 0) is 7.05 Å². The van der Waals surface area contributed by atoms with Gasteiger partial charge in [-0.1, -0.05) is 0 Å². The van der Waals surface area contributed by atoms with Crippen LogP contribution < -0.4 is 15.0 Å². The van der Waals surface area contributed by atoms with Crippen molar-refractivity contribution in [3.63, 3.8) is 0 Å². The molecule has 1 fully saturated rings. The second-order valence-corrected chi connectivity index (χ2v) is 6.75. The molecule has 1 N–H and O–H groups in total. The van der Waals surface area contributed by atoms with Crippen LogP contribution in [0.5, 0.6) is 5.75 Å². The Morgan fingerprint density at radius 1 is 1.15 bits per heavy atom. The molecule has 0 saturated carbocycles. The SMILES string of the molecule is COc1cc(C2CCNCC2)ncc1N(C)c1cc2c(cn1)ncn2C. The molecule has 0 aliphatic carbocycles. The van der Waals surface area contributed by atoms with Crippen LogP contribution in [0.25, 0.3) is 11.0 Å². The lowest BCUT2D eigenvalue weighted by molar-refractivity contribution is 0.410. The number of aryl methyl sites for hydroxylation is 1. The van der Waals surface area contributed by atoms with Crippen molar-refractivity contribution in [2.24, 2.45) is 7.05 Å². The predicted octanol–water partition coefficient (Wildman–Crippen LogP) is 2.61. The van der Waals surface area contributed by atoms with E-state index < -0.39 is 0 Å². The van der Waals surface area contributed by atoms with E-state index in [-0.39, 0.29) is 0 Å². The van der Waals surface area contributed by atoms with Crippen LogP contribution in [0.4, 0.5) is 11.5 Å². The number of hydrogen-bond donors (Lipinski definition) is 1. The number of nitrogens with one attached hydrogen (secondary N) is 1. The van der Waals surface area contributed by atoms with Crippen molar-refractivity contribution in [1.82, 2.24) is 24.8 Å². The summed E-state index contributed by atoms with van der Waals surface area (Å²) in [4.78, 5) is 15.6. The van der Waals surface area contributed by atoms with Gasteiger partial charge in [-0.15, -0.1) is 0 Å². The van der Waals surface area contributed by atoms with Gasteiger partial charge in [0.25, 0.3) is 0 Å². The highest BCUT2D eigenvalue weighted by Crippen LogP contribution is 2.35. The average molecular weight is 352 g/mol. The van der Waals surface area contributed by atoms with Crippen LogP contribution in [0.2, 0.25) is 0 Å². The third-order valence-electron chi connectivity index (χ3n) is 5.15. The molecule has 136 valence electrons. The van der Waals surface area contributed by atoms with E-state index in [4.69, 9.17) is 9.72 Å². The highest BCUT2D eigenvalue weighted by molar-refractivity contribution is 5.79. The van der Waals surface area contributed by atoms with Crippen molar-refractivity contribution in [3.8, 4) is 5.75 Å². The number of anilines is 2. The van der Waals surface area contributed by atoms with Crippen molar-refractivity contribution < 1.29 is 4.74 Å². The van der Waals surface area contributed by atoms with Crippen LogP contribution in [0.15, 0.2) is 30.9 Å². The summed E-state index contributed by atoms with van der Waals surface area (Å²) in [6, 6.07) is 4.10. The Bertz CT molecular complexity index is 916. The molecule has 0 radical (unpaired) electrons. The summed E-state index contributed by atoms with van der Waals surface area (Å²) in [6.45, 7) is 2.09. The number of methoxy groups -OCH3 is 1. The molecule has 7 heteroatoms. The fourth-order valence-corrected chi connectivity index (χ4v) is 3.53. The molecular formula is C19H24N6O. The number of fused-ring (bicyclic) bond motifs is 1. The predicted molar refractivity (Wildman–Crippen MR) is 102 cm³/mol. The highest BCUT2D eigenvalue weighted by Gasteiger charge is 2.20. The Labute approximate surface area is 153 Å². The zero-order valence-corrected chi connectivity index (χ0v) is 15.4. The topological polar surface area (TPSA) is 68.1 Å². The first-order chi connectivity index (χ1) is 12.7. The van der Waals surface area contributed by atoms with E-state index in [9.17, 15) is 0 Å². The summed E-state index contributed by atoms with van der Waals surface area (Å²) in [5.74, 6) is 2.15. The van der Waals surface area contributed by atoms with Crippen molar-refractivity contribution in [1.29, 1.82) is 0 Å². The van der Waals surface area contributed by atoms with Crippen molar-refractivity contribution in [2.75, 3.05) is 32.1 Å². The van der Waals surface area contributed by atoms with Gasteiger partial charge in [-0.3, -0.25) is 4.98 Å². The molecule has 0 bridgehead atoms. The van der Waals surface area contributed by atoms with Gasteiger partial charge < -0.3 is 19.5 Å². The fraction of sp³-hybridized carbons (Fsp3) is 0.421. The van der Waals surface area contributed by atoms with Gasteiger partial charge in [-0.2, -0.15) is 0 Å². The standard InChI is InChI=1S/C19H24N6O/c1-24-12-23-15-10-22-19(9-16(15)24)25(2)17-11-21-14(8-18(17)26-3)13-4-6-20-7-5-13/h8-13,20H,4-7H2,1-3H3. The van der Waals surface area contributed by atoms with Gasteiger partial charge >= 0.3 is 0 Å². The Morgan fingerprint density at radius 3 is 2.73 bits per heavy atom. The van der Waals surface area contributed by atoms with Gasteiger partial charge in [0.1, 0.15) is 22.8 Å². The Hall–Kier alpha value is -2.67. The number of nitrogens with zero attached hydrogens (tertiary/aromatic N) is 5. The van der Waals surface area contributed by atoms with Gasteiger partial charge in [-0.25, -0.2) is 9.97 Å². The smallest absolute Gasteiger partial charge is 0.145 e. The molecule has 7 nitrogen and oxygen atoms in total. The first-order valence-electron chi connectivity index (χ1n) is 8.93. The van der Waals surface area contributed by atoms with E-state index in [2.05, 4.69) is 21.4 Å². The molecule has 3 aromatic heterocycles. The van der Waals surface area contributed by atoms with Crippen LogP contribution in [-0.4, -0.2) is 46.8 Å². The minimum atomic E-state index is 0.494. The number of piperidine rings is 1. The summed E-state index contributed by atoms with van der Waals surface area (Å²) in [5.41, 5.74) is 3.94. The molecule has 4 heterocycles. The molecule has 0 aromatic carbocycles. The molecule has 1 aliphatic heterocycles. The minimum Gasteiger partial charge on any atom is -0.494 e. The third-order valence-corrected chi connectivity index (χ3v) is 5.15. The lowest BCUT2D eigenvalue weighted by Crippen LogP contribution is -2.27. The zero-order chi connectivity index (χ0) is 18.1. The molecule has 26 heavy (non-hydrogen) atoms. The van der Waals surface area contributed by atoms with Crippen LogP contribution in [0, 0.1) is 0 Å². The molecule has 0 atom stereocenters. The van der Waals surface area contributed by atoms with E-state index >= 15 is 0 Å². The maximum absolute atomic E-state index is 5.67. The Morgan fingerprint density at radius 2 is 1.96 bits per heavy atom. The van der Waals surface area contributed by atoms with Crippen molar-refractivity contribution >= 4 is 22.5 Å². The molecule has 4 rings (SSSR count). The third kappa shape index (κ3) is 2.99. The number of pyridine rings is 2. The number of aromatic nitrogens is 4. The second kappa shape index (κ2) is 6.92.